The largest absolute Gasteiger partial charge is 0.465 e. The smallest absolute Gasteiger partial charge is 0.311 e. The average molecular weight is 505 g/mol. The molecule has 4 rings (SSSR count). The molecular formula is C27H40N2O5S. The van der Waals surface area contributed by atoms with Gasteiger partial charge in [0, 0.05) is 16.8 Å². The maximum absolute atomic E-state index is 14.3. The van der Waals surface area contributed by atoms with Gasteiger partial charge in [-0.15, -0.1) is 11.8 Å². The second-order valence-corrected chi connectivity index (χ2v) is 13.7. The Balaban J connectivity index is 1.91. The van der Waals surface area contributed by atoms with Crippen LogP contribution in [0.25, 0.3) is 0 Å². The number of carbonyl (C=O) groups excluding carboxylic acids is 3. The van der Waals surface area contributed by atoms with E-state index in [4.69, 9.17) is 4.74 Å². The molecule has 35 heavy (non-hydrogen) atoms. The summed E-state index contributed by atoms with van der Waals surface area (Å²) in [6.45, 7) is 12.6. The first-order chi connectivity index (χ1) is 16.4. The molecule has 4 aliphatic heterocycles. The molecule has 0 bridgehead atoms. The number of allylic oxidation sites excluding steroid dienone is 1. The minimum Gasteiger partial charge on any atom is -0.465 e. The van der Waals surface area contributed by atoms with E-state index in [1.165, 1.54) is 0 Å². The van der Waals surface area contributed by atoms with Gasteiger partial charge in [0.25, 0.3) is 0 Å². The highest BCUT2D eigenvalue weighted by molar-refractivity contribution is 8.02. The molecule has 194 valence electrons. The van der Waals surface area contributed by atoms with E-state index in [1.54, 1.807) is 16.7 Å². The van der Waals surface area contributed by atoms with Gasteiger partial charge in [-0.3, -0.25) is 14.4 Å². The average Bonchev–Trinajstić information content (AvgIpc) is 3.10. The van der Waals surface area contributed by atoms with Gasteiger partial charge in [-0.1, -0.05) is 38.2 Å². The highest BCUT2D eigenvalue weighted by Crippen LogP contribution is 2.65. The molecule has 2 saturated heterocycles. The molecule has 4 aliphatic rings. The zero-order valence-electron chi connectivity index (χ0n) is 21.8. The van der Waals surface area contributed by atoms with Crippen molar-refractivity contribution in [3.8, 4) is 0 Å². The summed E-state index contributed by atoms with van der Waals surface area (Å²) in [5, 5.41) is 10.4. The van der Waals surface area contributed by atoms with Crippen molar-refractivity contribution in [1.82, 2.24) is 9.80 Å². The fourth-order valence-corrected chi connectivity index (χ4v) is 8.53. The van der Waals surface area contributed by atoms with Gasteiger partial charge < -0.3 is 19.6 Å². The second kappa shape index (κ2) is 9.25. The SMILES string of the molecule is CC(C)C[C@H](CO)N1C(=O)[C@@H]2[C@@H]3C(=O)OCCC/C=C\[C@]3(C)S[C@@]23C=CCN(C(C)(C)C)C(=O)C13. The van der Waals surface area contributed by atoms with Gasteiger partial charge in [-0.05, 0) is 52.9 Å². The molecule has 8 heteroatoms. The van der Waals surface area contributed by atoms with E-state index in [9.17, 15) is 19.5 Å². The molecule has 0 aromatic rings. The summed E-state index contributed by atoms with van der Waals surface area (Å²) >= 11 is 1.55. The Morgan fingerprint density at radius 3 is 2.49 bits per heavy atom. The molecule has 7 nitrogen and oxygen atoms in total. The second-order valence-electron chi connectivity index (χ2n) is 11.9. The van der Waals surface area contributed by atoms with E-state index in [-0.39, 0.29) is 30.3 Å². The molecular weight excluding hydrogens is 464 g/mol. The molecule has 2 amide bonds. The maximum Gasteiger partial charge on any atom is 0.311 e. The van der Waals surface area contributed by atoms with Crippen LogP contribution in [0.15, 0.2) is 24.3 Å². The molecule has 4 heterocycles. The fraction of sp³-hybridized carbons (Fsp3) is 0.741. The molecule has 6 atom stereocenters. The molecule has 1 unspecified atom stereocenters. The Bertz CT molecular complexity index is 940. The molecule has 0 aromatic heterocycles. The zero-order chi connectivity index (χ0) is 25.8. The van der Waals surface area contributed by atoms with Crippen molar-refractivity contribution in [2.75, 3.05) is 19.8 Å². The van der Waals surface area contributed by atoms with E-state index in [0.29, 0.717) is 19.6 Å². The first-order valence-electron chi connectivity index (χ1n) is 12.8. The lowest BCUT2D eigenvalue weighted by Crippen LogP contribution is -2.59. The third-order valence-corrected chi connectivity index (χ3v) is 9.64. The van der Waals surface area contributed by atoms with Crippen LogP contribution in [-0.4, -0.2) is 79.6 Å². The van der Waals surface area contributed by atoms with E-state index in [0.717, 1.165) is 12.8 Å². The Morgan fingerprint density at radius 2 is 1.86 bits per heavy atom. The number of rotatable bonds is 4. The number of likely N-dealkylation sites (tertiary alicyclic amines) is 1. The van der Waals surface area contributed by atoms with Gasteiger partial charge in [0.1, 0.15) is 6.04 Å². The molecule has 0 aliphatic carbocycles. The highest BCUT2D eigenvalue weighted by Gasteiger charge is 2.74. The number of aliphatic hydroxyl groups is 1. The van der Waals surface area contributed by atoms with Gasteiger partial charge in [0.15, 0.2) is 0 Å². The van der Waals surface area contributed by atoms with Gasteiger partial charge >= 0.3 is 5.97 Å². The Morgan fingerprint density at radius 1 is 1.14 bits per heavy atom. The van der Waals surface area contributed by atoms with Crippen molar-refractivity contribution in [3.05, 3.63) is 24.3 Å². The lowest BCUT2D eigenvalue weighted by atomic mass is 9.74. The normalized spacial score (nSPS) is 37.1. The Labute approximate surface area is 213 Å². The summed E-state index contributed by atoms with van der Waals surface area (Å²) in [5.74, 6) is -1.94. The molecule has 0 saturated carbocycles. The predicted molar refractivity (Wildman–Crippen MR) is 137 cm³/mol. The third kappa shape index (κ3) is 4.24. The number of fused-ring (bicyclic) bond motifs is 2. The van der Waals surface area contributed by atoms with Crippen LogP contribution in [0, 0.1) is 17.8 Å². The van der Waals surface area contributed by atoms with Crippen LogP contribution < -0.4 is 0 Å². The van der Waals surface area contributed by atoms with Crippen molar-refractivity contribution in [2.45, 2.75) is 87.9 Å². The molecule has 0 aromatic carbocycles. The minimum atomic E-state index is -0.916. The van der Waals surface area contributed by atoms with Crippen molar-refractivity contribution in [3.63, 3.8) is 0 Å². The number of thioether (sulfide) groups is 1. The van der Waals surface area contributed by atoms with Gasteiger partial charge in [0.05, 0.1) is 35.8 Å². The number of aliphatic hydroxyl groups excluding tert-OH is 1. The van der Waals surface area contributed by atoms with Crippen LogP contribution >= 0.6 is 11.8 Å². The quantitative estimate of drug-likeness (QED) is 0.468. The van der Waals surface area contributed by atoms with Crippen LogP contribution in [0.3, 0.4) is 0 Å². The number of hydrogen-bond acceptors (Lipinski definition) is 6. The van der Waals surface area contributed by atoms with Crippen molar-refractivity contribution < 1.29 is 24.2 Å². The lowest BCUT2D eigenvalue weighted by molar-refractivity contribution is -0.155. The predicted octanol–water partition coefficient (Wildman–Crippen LogP) is 3.17. The number of esters is 1. The number of ether oxygens (including phenoxy) is 1. The number of hydrogen-bond donors (Lipinski definition) is 1. The summed E-state index contributed by atoms with van der Waals surface area (Å²) in [6.07, 6.45) is 10.3. The van der Waals surface area contributed by atoms with Gasteiger partial charge in [0.2, 0.25) is 11.8 Å². The number of amides is 2. The third-order valence-electron chi connectivity index (χ3n) is 7.85. The monoisotopic (exact) mass is 504 g/mol. The summed E-state index contributed by atoms with van der Waals surface area (Å²) in [5.41, 5.74) is -0.446. The van der Waals surface area contributed by atoms with Crippen LogP contribution in [0.1, 0.15) is 60.8 Å². The molecule has 1 N–H and O–H groups in total. The van der Waals surface area contributed by atoms with Crippen molar-refractivity contribution >= 4 is 29.5 Å². The Hall–Kier alpha value is -1.80. The van der Waals surface area contributed by atoms with Crippen molar-refractivity contribution in [2.24, 2.45) is 17.8 Å². The fourth-order valence-electron chi connectivity index (χ4n) is 6.39. The molecule has 0 radical (unpaired) electrons. The van der Waals surface area contributed by atoms with Crippen LogP contribution in [0.5, 0.6) is 0 Å². The van der Waals surface area contributed by atoms with Crippen LogP contribution in [-0.2, 0) is 19.1 Å². The van der Waals surface area contributed by atoms with Crippen LogP contribution in [0.4, 0.5) is 0 Å². The van der Waals surface area contributed by atoms with Gasteiger partial charge in [-0.25, -0.2) is 0 Å². The number of nitrogens with zero attached hydrogens (tertiary/aromatic N) is 2. The number of carbonyl (C=O) groups is 3. The van der Waals surface area contributed by atoms with Crippen LogP contribution in [0.2, 0.25) is 0 Å². The minimum absolute atomic E-state index is 0.125. The summed E-state index contributed by atoms with van der Waals surface area (Å²) in [6, 6.07) is -1.30. The zero-order valence-corrected chi connectivity index (χ0v) is 22.6. The first-order valence-corrected chi connectivity index (χ1v) is 13.7. The standard InChI is InChI=1S/C27H40N2O5S/c1-17(2)15-18(16-30)29-21-23(32)28(25(3,4)5)13-10-12-27(21)19(22(29)31)20-24(33)34-14-9-7-8-11-26(20,6)35-27/h8,10-12,17-21,30H,7,9,13-16H2,1-6H3/b11-8-/t18-,19+,20-,21?,26+,27+/m1/s1. The highest BCUT2D eigenvalue weighted by atomic mass is 32.2. The number of cyclic esters (lactones) is 1. The van der Waals surface area contributed by atoms with E-state index in [1.807, 2.05) is 58.6 Å². The lowest BCUT2D eigenvalue weighted by Gasteiger charge is -2.43. The first kappa shape index (κ1) is 26.3. The van der Waals surface area contributed by atoms with Gasteiger partial charge in [-0.2, -0.15) is 0 Å². The van der Waals surface area contributed by atoms with E-state index >= 15 is 0 Å². The summed E-state index contributed by atoms with van der Waals surface area (Å²) in [4.78, 5) is 45.6. The summed E-state index contributed by atoms with van der Waals surface area (Å²) in [7, 11) is 0. The summed E-state index contributed by atoms with van der Waals surface area (Å²) < 4.78 is 4.07. The van der Waals surface area contributed by atoms with E-state index < -0.39 is 39.0 Å². The Kier molecular flexibility index (Phi) is 6.95. The molecule has 2 fully saturated rings. The van der Waals surface area contributed by atoms with Crippen molar-refractivity contribution in [1.29, 1.82) is 0 Å². The molecule has 1 spiro atoms. The topological polar surface area (TPSA) is 87.2 Å². The van der Waals surface area contributed by atoms with E-state index in [2.05, 4.69) is 12.2 Å². The maximum atomic E-state index is 14.3.